The summed E-state index contributed by atoms with van der Waals surface area (Å²) in [6.07, 6.45) is 2.36. The molecule has 1 N–H and O–H groups in total. The van der Waals surface area contributed by atoms with Gasteiger partial charge in [-0.1, -0.05) is 19.4 Å². The van der Waals surface area contributed by atoms with Crippen LogP contribution in [0.2, 0.25) is 0 Å². The Kier molecular flexibility index (Phi) is 5.49. The Morgan fingerprint density at radius 2 is 1.94 bits per heavy atom. The van der Waals surface area contributed by atoms with E-state index in [1.165, 1.54) is 23.1 Å². The lowest BCUT2D eigenvalue weighted by Crippen LogP contribution is -2.20. The summed E-state index contributed by atoms with van der Waals surface area (Å²) >= 11 is 0. The molecule has 1 aromatic carbocycles. The van der Waals surface area contributed by atoms with Gasteiger partial charge in [-0.05, 0) is 62.5 Å². The van der Waals surface area contributed by atoms with Gasteiger partial charge in [0.2, 0.25) is 0 Å². The molecule has 0 heterocycles. The summed E-state index contributed by atoms with van der Waals surface area (Å²) in [5.74, 6) is 1.71. The van der Waals surface area contributed by atoms with Crippen LogP contribution in [-0.2, 0) is 6.42 Å². The van der Waals surface area contributed by atoms with Gasteiger partial charge >= 0.3 is 0 Å². The summed E-state index contributed by atoms with van der Waals surface area (Å²) in [5, 5.41) is 3.27. The Labute approximate surface area is 105 Å². The minimum Gasteiger partial charge on any atom is -0.496 e. The second kappa shape index (κ2) is 6.65. The van der Waals surface area contributed by atoms with Gasteiger partial charge in [-0.3, -0.25) is 0 Å². The highest BCUT2D eigenvalue weighted by molar-refractivity contribution is 5.41. The number of nitrogens with one attached hydrogen (secondary N) is 1. The van der Waals surface area contributed by atoms with Gasteiger partial charge in [0, 0.05) is 0 Å². The first-order chi connectivity index (χ1) is 8.12. The molecule has 1 unspecified atom stereocenters. The SMILES string of the molecule is CCC(CNC)Cc1cc(C)c(OC)cc1C. The van der Waals surface area contributed by atoms with E-state index in [1.54, 1.807) is 7.11 Å². The molecular weight excluding hydrogens is 210 g/mol. The number of methoxy groups -OCH3 is 1. The highest BCUT2D eigenvalue weighted by Crippen LogP contribution is 2.24. The fraction of sp³-hybridized carbons (Fsp3) is 0.600. The van der Waals surface area contributed by atoms with Crippen LogP contribution in [-0.4, -0.2) is 20.7 Å². The monoisotopic (exact) mass is 235 g/mol. The van der Waals surface area contributed by atoms with E-state index in [4.69, 9.17) is 4.74 Å². The van der Waals surface area contributed by atoms with E-state index in [0.29, 0.717) is 5.92 Å². The highest BCUT2D eigenvalue weighted by atomic mass is 16.5. The van der Waals surface area contributed by atoms with Crippen molar-refractivity contribution in [2.45, 2.75) is 33.6 Å². The summed E-state index contributed by atoms with van der Waals surface area (Å²) in [6.45, 7) is 7.62. The predicted molar refractivity (Wildman–Crippen MR) is 73.9 cm³/mol. The molecule has 0 aliphatic carbocycles. The van der Waals surface area contributed by atoms with Gasteiger partial charge in [0.05, 0.1) is 7.11 Å². The van der Waals surface area contributed by atoms with E-state index in [2.05, 4.69) is 38.2 Å². The molecular formula is C15H25NO. The molecule has 0 spiro atoms. The fourth-order valence-corrected chi connectivity index (χ4v) is 2.25. The van der Waals surface area contributed by atoms with Crippen LogP contribution >= 0.6 is 0 Å². The third-order valence-corrected chi connectivity index (χ3v) is 3.43. The second-order valence-corrected chi connectivity index (χ2v) is 4.78. The maximum Gasteiger partial charge on any atom is 0.122 e. The maximum atomic E-state index is 5.35. The normalized spacial score (nSPS) is 12.5. The summed E-state index contributed by atoms with van der Waals surface area (Å²) < 4.78 is 5.35. The van der Waals surface area contributed by atoms with E-state index >= 15 is 0 Å². The molecule has 0 radical (unpaired) electrons. The van der Waals surface area contributed by atoms with Crippen molar-refractivity contribution in [2.75, 3.05) is 20.7 Å². The summed E-state index contributed by atoms with van der Waals surface area (Å²) in [5.41, 5.74) is 4.01. The molecule has 2 nitrogen and oxygen atoms in total. The first-order valence-electron chi connectivity index (χ1n) is 6.41. The Morgan fingerprint density at radius 1 is 1.24 bits per heavy atom. The quantitative estimate of drug-likeness (QED) is 0.818. The number of rotatable bonds is 6. The average Bonchev–Trinajstić information content (AvgIpc) is 2.32. The number of ether oxygens (including phenoxy) is 1. The fourth-order valence-electron chi connectivity index (χ4n) is 2.25. The number of aryl methyl sites for hydroxylation is 2. The minimum absolute atomic E-state index is 0.714. The van der Waals surface area contributed by atoms with Gasteiger partial charge in [0.25, 0.3) is 0 Å². The van der Waals surface area contributed by atoms with Crippen LogP contribution < -0.4 is 10.1 Å². The predicted octanol–water partition coefficient (Wildman–Crippen LogP) is 3.10. The molecule has 0 saturated heterocycles. The lowest BCUT2D eigenvalue weighted by molar-refractivity contribution is 0.410. The van der Waals surface area contributed by atoms with Crippen molar-refractivity contribution in [3.05, 3.63) is 28.8 Å². The van der Waals surface area contributed by atoms with Gasteiger partial charge in [-0.25, -0.2) is 0 Å². The molecule has 1 rings (SSSR count). The van der Waals surface area contributed by atoms with E-state index in [-0.39, 0.29) is 0 Å². The Morgan fingerprint density at radius 3 is 2.47 bits per heavy atom. The topological polar surface area (TPSA) is 21.3 Å². The van der Waals surface area contributed by atoms with Gasteiger partial charge in [-0.2, -0.15) is 0 Å². The standard InChI is InChI=1S/C15H25NO/c1-6-13(10-16-4)9-14-7-12(3)15(17-5)8-11(14)2/h7-8,13,16H,6,9-10H2,1-5H3. The lowest BCUT2D eigenvalue weighted by atomic mass is 9.92. The van der Waals surface area contributed by atoms with Crippen LogP contribution in [0.5, 0.6) is 5.75 Å². The van der Waals surface area contributed by atoms with Gasteiger partial charge in [0.15, 0.2) is 0 Å². The van der Waals surface area contributed by atoms with Crippen LogP contribution in [0.15, 0.2) is 12.1 Å². The molecule has 0 bridgehead atoms. The first-order valence-corrected chi connectivity index (χ1v) is 6.41. The molecule has 96 valence electrons. The van der Waals surface area contributed by atoms with Crippen molar-refractivity contribution in [1.82, 2.24) is 5.32 Å². The molecule has 0 amide bonds. The molecule has 0 fully saturated rings. The molecule has 1 aromatic rings. The Balaban J connectivity index is 2.87. The Bertz CT molecular complexity index is 360. The zero-order chi connectivity index (χ0) is 12.8. The van der Waals surface area contributed by atoms with Crippen LogP contribution in [0, 0.1) is 19.8 Å². The van der Waals surface area contributed by atoms with E-state index < -0.39 is 0 Å². The number of hydrogen-bond donors (Lipinski definition) is 1. The zero-order valence-corrected chi connectivity index (χ0v) is 11.8. The molecule has 2 heteroatoms. The van der Waals surface area contributed by atoms with Gasteiger partial charge < -0.3 is 10.1 Å². The molecule has 0 aromatic heterocycles. The summed E-state index contributed by atoms with van der Waals surface area (Å²) in [4.78, 5) is 0. The van der Waals surface area contributed by atoms with E-state index in [9.17, 15) is 0 Å². The van der Waals surface area contributed by atoms with Crippen molar-refractivity contribution in [1.29, 1.82) is 0 Å². The van der Waals surface area contributed by atoms with E-state index in [1.807, 2.05) is 7.05 Å². The minimum atomic E-state index is 0.714. The largest absolute Gasteiger partial charge is 0.496 e. The Hall–Kier alpha value is -1.02. The summed E-state index contributed by atoms with van der Waals surface area (Å²) in [6, 6.07) is 4.42. The molecule has 0 aliphatic heterocycles. The maximum absolute atomic E-state index is 5.35. The molecule has 0 saturated carbocycles. The van der Waals surface area contributed by atoms with Crippen LogP contribution in [0.25, 0.3) is 0 Å². The van der Waals surface area contributed by atoms with Crippen molar-refractivity contribution < 1.29 is 4.74 Å². The van der Waals surface area contributed by atoms with Crippen LogP contribution in [0.4, 0.5) is 0 Å². The van der Waals surface area contributed by atoms with Crippen LogP contribution in [0.1, 0.15) is 30.0 Å². The molecule has 1 atom stereocenters. The van der Waals surface area contributed by atoms with Crippen molar-refractivity contribution in [3.63, 3.8) is 0 Å². The van der Waals surface area contributed by atoms with E-state index in [0.717, 1.165) is 18.7 Å². The van der Waals surface area contributed by atoms with Crippen molar-refractivity contribution in [2.24, 2.45) is 5.92 Å². The third-order valence-electron chi connectivity index (χ3n) is 3.43. The first kappa shape index (κ1) is 14.0. The van der Waals surface area contributed by atoms with Gasteiger partial charge in [0.1, 0.15) is 5.75 Å². The zero-order valence-electron chi connectivity index (χ0n) is 11.8. The molecule has 0 aliphatic rings. The number of hydrogen-bond acceptors (Lipinski definition) is 2. The second-order valence-electron chi connectivity index (χ2n) is 4.78. The summed E-state index contributed by atoms with van der Waals surface area (Å²) in [7, 11) is 3.76. The third kappa shape index (κ3) is 3.74. The van der Waals surface area contributed by atoms with Gasteiger partial charge in [-0.15, -0.1) is 0 Å². The molecule has 17 heavy (non-hydrogen) atoms. The highest BCUT2D eigenvalue weighted by Gasteiger charge is 2.10. The van der Waals surface area contributed by atoms with Crippen molar-refractivity contribution in [3.8, 4) is 5.75 Å². The lowest BCUT2D eigenvalue weighted by Gasteiger charge is -2.17. The number of benzene rings is 1. The van der Waals surface area contributed by atoms with Crippen molar-refractivity contribution >= 4 is 0 Å². The van der Waals surface area contributed by atoms with Crippen LogP contribution in [0.3, 0.4) is 0 Å². The average molecular weight is 235 g/mol. The smallest absolute Gasteiger partial charge is 0.122 e.